The van der Waals surface area contributed by atoms with Gasteiger partial charge in [0.25, 0.3) is 0 Å². The molecule has 0 saturated heterocycles. The van der Waals surface area contributed by atoms with Crippen LogP contribution in [0.5, 0.6) is 0 Å². The monoisotopic (exact) mass is 256 g/mol. The third-order valence-corrected chi connectivity index (χ3v) is 3.16. The first-order valence-corrected chi connectivity index (χ1v) is 6.51. The summed E-state index contributed by atoms with van der Waals surface area (Å²) in [5.41, 5.74) is 2.12. The zero-order chi connectivity index (χ0) is 12.3. The number of rotatable bonds is 1. The van der Waals surface area contributed by atoms with Crippen LogP contribution in [-0.2, 0) is 0 Å². The van der Waals surface area contributed by atoms with Crippen LogP contribution in [0.2, 0.25) is 5.02 Å². The molecule has 0 unspecified atom stereocenters. The fourth-order valence-electron chi connectivity index (χ4n) is 1.43. The Labute approximate surface area is 106 Å². The third kappa shape index (κ3) is 2.66. The Morgan fingerprint density at radius 3 is 2.44 bits per heavy atom. The van der Waals surface area contributed by atoms with Crippen molar-refractivity contribution >= 4 is 38.8 Å². The van der Waals surface area contributed by atoms with Crippen molar-refractivity contribution in [2.75, 3.05) is 19.0 Å². The van der Waals surface area contributed by atoms with Gasteiger partial charge in [0.15, 0.2) is 0 Å². The highest BCUT2D eigenvalue weighted by atomic mass is 35.5. The summed E-state index contributed by atoms with van der Waals surface area (Å²) in [4.78, 5) is 6.53. The van der Waals surface area contributed by atoms with Gasteiger partial charge in [-0.1, -0.05) is 25.4 Å². The zero-order valence-corrected chi connectivity index (χ0v) is 11.9. The van der Waals surface area contributed by atoms with Crippen LogP contribution in [0.1, 0.15) is 18.9 Å². The Balaban J connectivity index is 0.000000606. The molecule has 2 rings (SSSR count). The van der Waals surface area contributed by atoms with Crippen molar-refractivity contribution in [2.45, 2.75) is 20.8 Å². The summed E-state index contributed by atoms with van der Waals surface area (Å²) < 4.78 is 1.15. The number of aryl methyl sites for hydroxylation is 1. The van der Waals surface area contributed by atoms with E-state index < -0.39 is 0 Å². The average Bonchev–Trinajstić information content (AvgIpc) is 2.59. The fraction of sp³-hybridized carbons (Fsp3) is 0.417. The minimum absolute atomic E-state index is 0.768. The molecule has 1 heterocycles. The molecule has 4 heteroatoms. The van der Waals surface area contributed by atoms with Crippen LogP contribution in [0.4, 0.5) is 5.69 Å². The molecule has 2 nitrogen and oxygen atoms in total. The minimum atomic E-state index is 0.768. The molecule has 0 spiro atoms. The number of hydrogen-bond acceptors (Lipinski definition) is 3. The lowest BCUT2D eigenvalue weighted by molar-refractivity contribution is 1.13. The van der Waals surface area contributed by atoms with E-state index in [1.807, 2.05) is 51.9 Å². The van der Waals surface area contributed by atoms with Gasteiger partial charge in [-0.3, -0.25) is 0 Å². The largest absolute Gasteiger partial charge is 0.376 e. The molecule has 0 bridgehead atoms. The molecule has 0 N–H and O–H groups in total. The molecule has 0 radical (unpaired) electrons. The molecule has 0 aliphatic heterocycles. The maximum absolute atomic E-state index is 6.03. The molecule has 1 aromatic carbocycles. The second-order valence-corrected chi connectivity index (χ2v) is 5.07. The molecule has 0 aliphatic rings. The lowest BCUT2D eigenvalue weighted by atomic mass is 10.3. The first-order chi connectivity index (χ1) is 7.58. The maximum atomic E-state index is 6.03. The third-order valence-electron chi connectivity index (χ3n) is 2.03. The van der Waals surface area contributed by atoms with Gasteiger partial charge in [-0.05, 0) is 19.1 Å². The van der Waals surface area contributed by atoms with E-state index in [1.54, 1.807) is 11.3 Å². The zero-order valence-electron chi connectivity index (χ0n) is 10.3. The molecule has 0 fully saturated rings. The first-order valence-electron chi connectivity index (χ1n) is 5.32. The van der Waals surface area contributed by atoms with Crippen LogP contribution in [0, 0.1) is 6.92 Å². The van der Waals surface area contributed by atoms with Crippen LogP contribution >= 0.6 is 22.9 Å². The second kappa shape index (κ2) is 5.51. The van der Waals surface area contributed by atoms with Gasteiger partial charge in [-0.15, -0.1) is 11.3 Å². The SMILES string of the molecule is CC.Cc1nc2c(N(C)C)cc(Cl)cc2s1. The first kappa shape index (κ1) is 13.3. The molecule has 0 amide bonds. The Kier molecular flexibility index (Phi) is 4.56. The number of anilines is 1. The van der Waals surface area contributed by atoms with Gasteiger partial charge >= 0.3 is 0 Å². The van der Waals surface area contributed by atoms with Crippen molar-refractivity contribution in [1.29, 1.82) is 0 Å². The molecule has 88 valence electrons. The molecule has 0 atom stereocenters. The standard InChI is InChI=1S/C10H11ClN2S.C2H6/c1-6-12-10-8(13(2)3)4-7(11)5-9(10)14-6;1-2/h4-5H,1-3H3;1-2H3. The Morgan fingerprint density at radius 1 is 1.25 bits per heavy atom. The molecule has 16 heavy (non-hydrogen) atoms. The Hall–Kier alpha value is -0.800. The fourth-order valence-corrected chi connectivity index (χ4v) is 2.60. The van der Waals surface area contributed by atoms with Gasteiger partial charge in [0.2, 0.25) is 0 Å². The van der Waals surface area contributed by atoms with Gasteiger partial charge in [0.05, 0.1) is 15.4 Å². The Morgan fingerprint density at radius 2 is 1.88 bits per heavy atom. The summed E-state index contributed by atoms with van der Waals surface area (Å²) in [5.74, 6) is 0. The van der Waals surface area contributed by atoms with Crippen molar-refractivity contribution in [1.82, 2.24) is 4.98 Å². The normalized spacial score (nSPS) is 9.88. The van der Waals surface area contributed by atoms with Gasteiger partial charge in [-0.2, -0.15) is 0 Å². The van der Waals surface area contributed by atoms with Gasteiger partial charge in [0, 0.05) is 19.1 Å². The highest BCUT2D eigenvalue weighted by Gasteiger charge is 2.09. The molecular weight excluding hydrogens is 240 g/mol. The van der Waals surface area contributed by atoms with E-state index in [1.165, 1.54) is 0 Å². The summed E-state index contributed by atoms with van der Waals surface area (Å²) >= 11 is 7.71. The maximum Gasteiger partial charge on any atom is 0.105 e. The number of thiazole rings is 1. The smallest absolute Gasteiger partial charge is 0.105 e. The Bertz CT molecular complexity index is 477. The topological polar surface area (TPSA) is 16.1 Å². The van der Waals surface area contributed by atoms with Gasteiger partial charge in [-0.25, -0.2) is 4.98 Å². The number of fused-ring (bicyclic) bond motifs is 1. The van der Waals surface area contributed by atoms with Crippen LogP contribution in [0.25, 0.3) is 10.2 Å². The number of hydrogen-bond donors (Lipinski definition) is 0. The summed E-state index contributed by atoms with van der Waals surface area (Å²) in [6, 6.07) is 3.91. The summed E-state index contributed by atoms with van der Waals surface area (Å²) in [7, 11) is 4.00. The van der Waals surface area contributed by atoms with Crippen LogP contribution in [0.3, 0.4) is 0 Å². The van der Waals surface area contributed by atoms with Crippen molar-refractivity contribution in [2.24, 2.45) is 0 Å². The summed E-state index contributed by atoms with van der Waals surface area (Å²) in [5, 5.41) is 1.84. The van der Waals surface area contributed by atoms with Crippen LogP contribution in [0.15, 0.2) is 12.1 Å². The van der Waals surface area contributed by atoms with E-state index in [2.05, 4.69) is 4.98 Å². The summed E-state index contributed by atoms with van der Waals surface area (Å²) in [6.45, 7) is 6.01. The van der Waals surface area contributed by atoms with Gasteiger partial charge in [0.1, 0.15) is 5.52 Å². The molecule has 0 saturated carbocycles. The number of aromatic nitrogens is 1. The lowest BCUT2D eigenvalue weighted by Crippen LogP contribution is -2.09. The molecular formula is C12H17ClN2S. The van der Waals surface area contributed by atoms with Crippen molar-refractivity contribution in [3.05, 3.63) is 22.2 Å². The molecule has 1 aromatic heterocycles. The van der Waals surface area contributed by atoms with Crippen LogP contribution in [-0.4, -0.2) is 19.1 Å². The predicted octanol–water partition coefficient (Wildman–Crippen LogP) is 4.35. The lowest BCUT2D eigenvalue weighted by Gasteiger charge is -2.13. The number of nitrogens with zero attached hydrogens (tertiary/aromatic N) is 2. The number of benzene rings is 1. The highest BCUT2D eigenvalue weighted by molar-refractivity contribution is 7.18. The second-order valence-electron chi connectivity index (χ2n) is 3.40. The quantitative estimate of drug-likeness (QED) is 0.754. The molecule has 0 aliphatic carbocycles. The van der Waals surface area contributed by atoms with E-state index in [4.69, 9.17) is 11.6 Å². The van der Waals surface area contributed by atoms with E-state index >= 15 is 0 Å². The van der Waals surface area contributed by atoms with E-state index in [0.717, 1.165) is 25.9 Å². The van der Waals surface area contributed by atoms with E-state index in [-0.39, 0.29) is 0 Å². The van der Waals surface area contributed by atoms with Crippen molar-refractivity contribution in [3.63, 3.8) is 0 Å². The molecule has 2 aromatic rings. The average molecular weight is 257 g/mol. The van der Waals surface area contributed by atoms with Gasteiger partial charge < -0.3 is 4.90 Å². The number of halogens is 1. The van der Waals surface area contributed by atoms with Crippen LogP contribution < -0.4 is 4.90 Å². The highest BCUT2D eigenvalue weighted by Crippen LogP contribution is 2.32. The predicted molar refractivity (Wildman–Crippen MR) is 75.0 cm³/mol. The van der Waals surface area contributed by atoms with Crippen molar-refractivity contribution < 1.29 is 0 Å². The minimum Gasteiger partial charge on any atom is -0.376 e. The van der Waals surface area contributed by atoms with E-state index in [0.29, 0.717) is 0 Å². The summed E-state index contributed by atoms with van der Waals surface area (Å²) in [6.07, 6.45) is 0. The van der Waals surface area contributed by atoms with Crippen molar-refractivity contribution in [3.8, 4) is 0 Å². The van der Waals surface area contributed by atoms with E-state index in [9.17, 15) is 0 Å².